The lowest BCUT2D eigenvalue weighted by molar-refractivity contribution is -0.150. The molecule has 3 atom stereocenters. The van der Waals surface area contributed by atoms with Crippen molar-refractivity contribution in [1.82, 2.24) is 5.32 Å². The highest BCUT2D eigenvalue weighted by Gasteiger charge is 2.50. The Balaban J connectivity index is 2.18. The van der Waals surface area contributed by atoms with Gasteiger partial charge in [0.25, 0.3) is 0 Å². The summed E-state index contributed by atoms with van der Waals surface area (Å²) in [5.41, 5.74) is 0.171. The van der Waals surface area contributed by atoms with Crippen molar-refractivity contribution in [2.75, 3.05) is 20.2 Å². The lowest BCUT2D eigenvalue weighted by Gasteiger charge is -2.42. The summed E-state index contributed by atoms with van der Waals surface area (Å²) in [6, 6.07) is 0. The van der Waals surface area contributed by atoms with E-state index >= 15 is 0 Å². The number of rotatable bonds is 1. The Morgan fingerprint density at radius 2 is 1.94 bits per heavy atom. The Morgan fingerprint density at radius 3 is 2.50 bits per heavy atom. The molecule has 0 aromatic rings. The minimum atomic E-state index is -0.0219. The highest BCUT2D eigenvalue weighted by atomic mass is 16.5. The third-order valence-electron chi connectivity index (χ3n) is 4.37. The van der Waals surface area contributed by atoms with Crippen molar-refractivity contribution in [3.8, 4) is 0 Å². The van der Waals surface area contributed by atoms with Crippen molar-refractivity contribution in [2.45, 2.75) is 33.1 Å². The molecule has 0 aromatic heterocycles. The molecular weight excluding hydrogens is 202 g/mol. The van der Waals surface area contributed by atoms with Crippen LogP contribution in [0, 0.1) is 23.2 Å². The van der Waals surface area contributed by atoms with Crippen molar-refractivity contribution in [1.29, 1.82) is 0 Å². The van der Waals surface area contributed by atoms with Gasteiger partial charge in [-0.2, -0.15) is 0 Å². The molecule has 2 aliphatic rings. The van der Waals surface area contributed by atoms with Gasteiger partial charge >= 0.3 is 5.97 Å². The van der Waals surface area contributed by atoms with Crippen LogP contribution in [0.3, 0.4) is 0 Å². The summed E-state index contributed by atoms with van der Waals surface area (Å²) in [5, 5.41) is 3.39. The van der Waals surface area contributed by atoms with Crippen LogP contribution in [0.4, 0.5) is 0 Å². The first kappa shape index (κ1) is 11.9. The third kappa shape index (κ3) is 1.97. The number of hydrogen-bond acceptors (Lipinski definition) is 3. The third-order valence-corrected chi connectivity index (χ3v) is 4.37. The molecule has 92 valence electrons. The first-order valence-corrected chi connectivity index (χ1v) is 6.36. The molecule has 0 bridgehead atoms. The predicted molar refractivity (Wildman–Crippen MR) is 63.0 cm³/mol. The topological polar surface area (TPSA) is 38.3 Å². The van der Waals surface area contributed by atoms with Crippen LogP contribution in [0.2, 0.25) is 0 Å². The van der Waals surface area contributed by atoms with Gasteiger partial charge in [-0.05, 0) is 36.5 Å². The average Bonchev–Trinajstić information content (AvgIpc) is 2.58. The second kappa shape index (κ2) is 4.36. The number of carbonyl (C=O) groups excluding carboxylic acids is 1. The number of esters is 1. The molecule has 3 unspecified atom stereocenters. The van der Waals surface area contributed by atoms with E-state index in [0.717, 1.165) is 24.9 Å². The van der Waals surface area contributed by atoms with Gasteiger partial charge in [-0.25, -0.2) is 0 Å². The average molecular weight is 225 g/mol. The summed E-state index contributed by atoms with van der Waals surface area (Å²) in [4.78, 5) is 11.8. The number of ether oxygens (including phenoxy) is 1. The van der Waals surface area contributed by atoms with E-state index in [2.05, 4.69) is 19.2 Å². The Morgan fingerprint density at radius 1 is 1.31 bits per heavy atom. The summed E-state index contributed by atoms with van der Waals surface area (Å²) in [6.07, 6.45) is 3.64. The Labute approximate surface area is 97.9 Å². The Bertz CT molecular complexity index is 267. The van der Waals surface area contributed by atoms with Gasteiger partial charge in [-0.3, -0.25) is 4.79 Å². The molecular formula is C13H23NO2. The van der Waals surface area contributed by atoms with Crippen LogP contribution < -0.4 is 5.32 Å². The van der Waals surface area contributed by atoms with Gasteiger partial charge in [0, 0.05) is 13.1 Å². The molecule has 1 aliphatic heterocycles. The quantitative estimate of drug-likeness (QED) is 0.692. The highest BCUT2D eigenvalue weighted by Crippen LogP contribution is 2.49. The smallest absolute Gasteiger partial charge is 0.310 e. The van der Waals surface area contributed by atoms with Crippen molar-refractivity contribution in [2.24, 2.45) is 23.2 Å². The van der Waals surface area contributed by atoms with E-state index in [9.17, 15) is 4.79 Å². The van der Waals surface area contributed by atoms with E-state index in [4.69, 9.17) is 4.74 Å². The largest absolute Gasteiger partial charge is 0.469 e. The molecule has 1 saturated carbocycles. The second-order valence-electron chi connectivity index (χ2n) is 5.92. The lowest BCUT2D eigenvalue weighted by atomic mass is 9.62. The number of carbonyl (C=O) groups is 1. The van der Waals surface area contributed by atoms with Crippen LogP contribution in [0.1, 0.15) is 33.1 Å². The van der Waals surface area contributed by atoms with Gasteiger partial charge in [-0.1, -0.05) is 13.8 Å². The second-order valence-corrected chi connectivity index (χ2v) is 5.92. The monoisotopic (exact) mass is 225 g/mol. The minimum absolute atomic E-state index is 0.0219. The van der Waals surface area contributed by atoms with Gasteiger partial charge in [0.15, 0.2) is 0 Å². The molecule has 1 aliphatic carbocycles. The Kier molecular flexibility index (Phi) is 3.24. The zero-order valence-corrected chi connectivity index (χ0v) is 10.6. The fourth-order valence-corrected chi connectivity index (χ4v) is 4.03. The van der Waals surface area contributed by atoms with Gasteiger partial charge in [0.1, 0.15) is 0 Å². The van der Waals surface area contributed by atoms with E-state index in [-0.39, 0.29) is 17.3 Å². The first-order chi connectivity index (χ1) is 7.57. The molecule has 1 heterocycles. The number of methoxy groups -OCH3 is 1. The molecule has 1 saturated heterocycles. The molecule has 3 nitrogen and oxygen atoms in total. The number of hydrogen-bond donors (Lipinski definition) is 1. The molecule has 0 amide bonds. The highest BCUT2D eigenvalue weighted by molar-refractivity contribution is 5.74. The van der Waals surface area contributed by atoms with Crippen LogP contribution in [0.5, 0.6) is 0 Å². The normalized spacial score (nSPS) is 43.6. The molecule has 16 heavy (non-hydrogen) atoms. The maximum Gasteiger partial charge on any atom is 0.310 e. The minimum Gasteiger partial charge on any atom is -0.469 e. The van der Waals surface area contributed by atoms with Crippen molar-refractivity contribution in [3.63, 3.8) is 0 Å². The SMILES string of the molecule is COC(=O)C1CNCC12CC(C)CC(C)C2. The van der Waals surface area contributed by atoms with Gasteiger partial charge in [-0.15, -0.1) is 0 Å². The van der Waals surface area contributed by atoms with E-state index < -0.39 is 0 Å². The van der Waals surface area contributed by atoms with Gasteiger partial charge < -0.3 is 10.1 Å². The maximum atomic E-state index is 11.8. The van der Waals surface area contributed by atoms with E-state index in [0.29, 0.717) is 0 Å². The van der Waals surface area contributed by atoms with Crippen LogP contribution in [-0.2, 0) is 9.53 Å². The van der Waals surface area contributed by atoms with E-state index in [1.54, 1.807) is 0 Å². The summed E-state index contributed by atoms with van der Waals surface area (Å²) >= 11 is 0. The number of nitrogens with one attached hydrogen (secondary N) is 1. The van der Waals surface area contributed by atoms with E-state index in [1.807, 2.05) is 0 Å². The summed E-state index contributed by atoms with van der Waals surface area (Å²) < 4.78 is 4.95. The fourth-order valence-electron chi connectivity index (χ4n) is 4.03. The van der Waals surface area contributed by atoms with Crippen LogP contribution >= 0.6 is 0 Å². The lowest BCUT2D eigenvalue weighted by Crippen LogP contribution is -2.41. The predicted octanol–water partition coefficient (Wildman–Crippen LogP) is 1.82. The fraction of sp³-hybridized carbons (Fsp3) is 0.923. The van der Waals surface area contributed by atoms with Crippen molar-refractivity contribution < 1.29 is 9.53 Å². The molecule has 0 radical (unpaired) electrons. The molecule has 2 fully saturated rings. The Hall–Kier alpha value is -0.570. The van der Waals surface area contributed by atoms with Crippen LogP contribution in [0.25, 0.3) is 0 Å². The van der Waals surface area contributed by atoms with Gasteiger partial charge in [0.05, 0.1) is 13.0 Å². The standard InChI is InChI=1S/C13H23NO2/c1-9-4-10(2)6-13(5-9)8-14-7-11(13)12(15)16-3/h9-11,14H,4-8H2,1-3H3. The zero-order valence-electron chi connectivity index (χ0n) is 10.6. The van der Waals surface area contributed by atoms with Crippen molar-refractivity contribution in [3.05, 3.63) is 0 Å². The van der Waals surface area contributed by atoms with Gasteiger partial charge in [0.2, 0.25) is 0 Å². The maximum absolute atomic E-state index is 11.8. The van der Waals surface area contributed by atoms with Crippen LogP contribution in [-0.4, -0.2) is 26.2 Å². The first-order valence-electron chi connectivity index (χ1n) is 6.36. The summed E-state index contributed by atoms with van der Waals surface area (Å²) in [6.45, 7) is 6.40. The van der Waals surface area contributed by atoms with E-state index in [1.165, 1.54) is 26.4 Å². The van der Waals surface area contributed by atoms with Crippen LogP contribution in [0.15, 0.2) is 0 Å². The molecule has 2 rings (SSSR count). The zero-order chi connectivity index (χ0) is 11.8. The molecule has 1 spiro atoms. The summed E-state index contributed by atoms with van der Waals surface area (Å²) in [7, 11) is 1.50. The molecule has 3 heteroatoms. The summed E-state index contributed by atoms with van der Waals surface area (Å²) in [5.74, 6) is 1.51. The molecule has 1 N–H and O–H groups in total. The van der Waals surface area contributed by atoms with Crippen molar-refractivity contribution >= 4 is 5.97 Å². The molecule has 0 aromatic carbocycles.